The average Bonchev–Trinajstić information content (AvgIpc) is 2.60. The van der Waals surface area contributed by atoms with Crippen molar-refractivity contribution < 1.29 is 9.53 Å². The molecule has 0 saturated carbocycles. The van der Waals surface area contributed by atoms with E-state index in [0.29, 0.717) is 17.2 Å². The lowest BCUT2D eigenvalue weighted by Gasteiger charge is -2.24. The number of benzene rings is 2. The topological polar surface area (TPSA) is 38.3 Å². The van der Waals surface area contributed by atoms with Crippen LogP contribution in [0.3, 0.4) is 0 Å². The van der Waals surface area contributed by atoms with Crippen molar-refractivity contribution in [2.75, 3.05) is 0 Å². The third kappa shape index (κ3) is 5.01. The summed E-state index contributed by atoms with van der Waals surface area (Å²) in [6.45, 7) is 10.1. The van der Waals surface area contributed by atoms with Crippen molar-refractivity contribution in [1.82, 2.24) is 5.32 Å². The van der Waals surface area contributed by atoms with Gasteiger partial charge in [-0.2, -0.15) is 0 Å². The molecule has 0 aliphatic carbocycles. The van der Waals surface area contributed by atoms with Gasteiger partial charge in [-0.15, -0.1) is 0 Å². The third-order valence-electron chi connectivity index (χ3n) is 4.60. The van der Waals surface area contributed by atoms with E-state index in [1.165, 1.54) is 11.1 Å². The van der Waals surface area contributed by atoms with Gasteiger partial charge in [0.2, 0.25) is 0 Å². The number of hydrogen-bond acceptors (Lipinski definition) is 2. The van der Waals surface area contributed by atoms with Gasteiger partial charge in [0.25, 0.3) is 5.91 Å². The van der Waals surface area contributed by atoms with Crippen LogP contribution in [0.5, 0.6) is 5.75 Å². The monoisotopic (exact) mass is 373 g/mol. The van der Waals surface area contributed by atoms with E-state index in [2.05, 4.69) is 44.3 Å². The van der Waals surface area contributed by atoms with E-state index in [1.807, 2.05) is 19.9 Å². The molecule has 2 aromatic carbocycles. The van der Waals surface area contributed by atoms with E-state index in [0.717, 1.165) is 17.5 Å². The van der Waals surface area contributed by atoms with Crippen molar-refractivity contribution in [1.29, 1.82) is 0 Å². The van der Waals surface area contributed by atoms with Crippen LogP contribution >= 0.6 is 11.6 Å². The lowest BCUT2D eigenvalue weighted by Crippen LogP contribution is -2.40. The number of nitrogens with one attached hydrogen (secondary N) is 1. The van der Waals surface area contributed by atoms with Crippen LogP contribution in [-0.2, 0) is 4.79 Å². The smallest absolute Gasteiger partial charge is 0.261 e. The summed E-state index contributed by atoms with van der Waals surface area (Å²) in [7, 11) is 0. The first-order valence-corrected chi connectivity index (χ1v) is 9.53. The molecule has 0 aliphatic heterocycles. The average molecular weight is 374 g/mol. The second-order valence-electron chi connectivity index (χ2n) is 6.76. The molecule has 2 atom stereocenters. The molecule has 0 aromatic heterocycles. The molecule has 3 nitrogen and oxygen atoms in total. The normalized spacial score (nSPS) is 13.2. The number of ether oxygens (including phenoxy) is 1. The Hall–Kier alpha value is -2.00. The summed E-state index contributed by atoms with van der Waals surface area (Å²) >= 11 is 6.06. The van der Waals surface area contributed by atoms with Crippen LogP contribution < -0.4 is 10.1 Å². The van der Waals surface area contributed by atoms with Gasteiger partial charge < -0.3 is 10.1 Å². The van der Waals surface area contributed by atoms with Crippen LogP contribution in [0.25, 0.3) is 0 Å². The van der Waals surface area contributed by atoms with Crippen LogP contribution in [0, 0.1) is 20.8 Å². The van der Waals surface area contributed by atoms with Crippen LogP contribution in [0.1, 0.15) is 55.0 Å². The van der Waals surface area contributed by atoms with Crippen LogP contribution in [0.15, 0.2) is 36.4 Å². The van der Waals surface area contributed by atoms with Gasteiger partial charge in [-0.05, 0) is 68.5 Å². The highest BCUT2D eigenvalue weighted by molar-refractivity contribution is 6.31. The maximum absolute atomic E-state index is 12.8. The van der Waals surface area contributed by atoms with Gasteiger partial charge in [-0.25, -0.2) is 0 Å². The van der Waals surface area contributed by atoms with Gasteiger partial charge in [0.15, 0.2) is 6.10 Å². The van der Waals surface area contributed by atoms with Crippen molar-refractivity contribution >= 4 is 17.5 Å². The molecule has 2 aromatic rings. The molecule has 0 spiro atoms. The highest BCUT2D eigenvalue weighted by Crippen LogP contribution is 2.24. The second-order valence-corrected chi connectivity index (χ2v) is 7.16. The fourth-order valence-electron chi connectivity index (χ4n) is 3.06. The molecule has 0 heterocycles. The zero-order chi connectivity index (χ0) is 19.3. The zero-order valence-corrected chi connectivity index (χ0v) is 17.0. The van der Waals surface area contributed by atoms with Gasteiger partial charge in [0, 0.05) is 5.02 Å². The lowest BCUT2D eigenvalue weighted by molar-refractivity contribution is -0.128. The molecule has 1 N–H and O–H groups in total. The standard InChI is InChI=1S/C22H28ClNO2/c1-6-20(18-10-8-14(3)12-15(18)4)24-22(25)21(7-2)26-17-9-11-19(23)16(5)13-17/h8-13,20-21H,6-7H2,1-5H3,(H,24,25). The largest absolute Gasteiger partial charge is 0.481 e. The van der Waals surface area contributed by atoms with Crippen LogP contribution in [0.2, 0.25) is 5.02 Å². The van der Waals surface area contributed by atoms with E-state index >= 15 is 0 Å². The predicted molar refractivity (Wildman–Crippen MR) is 108 cm³/mol. The predicted octanol–water partition coefficient (Wildman–Crippen LogP) is 5.69. The van der Waals surface area contributed by atoms with E-state index in [1.54, 1.807) is 12.1 Å². The Morgan fingerprint density at radius 1 is 1.04 bits per heavy atom. The molecule has 0 bridgehead atoms. The molecule has 0 saturated heterocycles. The summed E-state index contributed by atoms with van der Waals surface area (Å²) in [6, 6.07) is 11.8. The molecule has 0 aliphatic rings. The minimum absolute atomic E-state index is 0.0206. The first kappa shape index (κ1) is 20.3. The molecular weight excluding hydrogens is 346 g/mol. The SMILES string of the molecule is CCC(Oc1ccc(Cl)c(C)c1)C(=O)NC(CC)c1ccc(C)cc1C. The third-order valence-corrected chi connectivity index (χ3v) is 5.02. The van der Waals surface area contributed by atoms with E-state index in [4.69, 9.17) is 16.3 Å². The summed E-state index contributed by atoms with van der Waals surface area (Å²) in [5.74, 6) is 0.570. The highest BCUT2D eigenvalue weighted by Gasteiger charge is 2.22. The Balaban J connectivity index is 2.12. The fourth-order valence-corrected chi connectivity index (χ4v) is 3.18. The molecule has 0 radical (unpaired) electrons. The molecule has 0 fully saturated rings. The Bertz CT molecular complexity index is 773. The minimum atomic E-state index is -0.532. The quantitative estimate of drug-likeness (QED) is 0.676. The Morgan fingerprint density at radius 3 is 2.35 bits per heavy atom. The summed E-state index contributed by atoms with van der Waals surface area (Å²) in [4.78, 5) is 12.8. The molecular formula is C22H28ClNO2. The summed E-state index contributed by atoms with van der Waals surface area (Å²) in [5.41, 5.74) is 4.50. The van der Waals surface area contributed by atoms with Crippen molar-refractivity contribution in [3.05, 3.63) is 63.7 Å². The van der Waals surface area contributed by atoms with E-state index in [-0.39, 0.29) is 11.9 Å². The van der Waals surface area contributed by atoms with Crippen molar-refractivity contribution in [2.45, 2.75) is 59.6 Å². The number of carbonyl (C=O) groups excluding carboxylic acids is 1. The van der Waals surface area contributed by atoms with Crippen molar-refractivity contribution in [3.63, 3.8) is 0 Å². The first-order chi connectivity index (χ1) is 12.3. The number of amides is 1. The van der Waals surface area contributed by atoms with Gasteiger partial charge in [-0.3, -0.25) is 4.79 Å². The number of carbonyl (C=O) groups is 1. The highest BCUT2D eigenvalue weighted by atomic mass is 35.5. The summed E-state index contributed by atoms with van der Waals surface area (Å²) in [6.07, 6.45) is 0.888. The zero-order valence-electron chi connectivity index (χ0n) is 16.2. The van der Waals surface area contributed by atoms with E-state index < -0.39 is 6.10 Å². The molecule has 2 unspecified atom stereocenters. The number of aryl methyl sites for hydroxylation is 3. The molecule has 4 heteroatoms. The first-order valence-electron chi connectivity index (χ1n) is 9.16. The number of rotatable bonds is 7. The summed E-state index contributed by atoms with van der Waals surface area (Å²) < 4.78 is 5.92. The summed E-state index contributed by atoms with van der Waals surface area (Å²) in [5, 5.41) is 3.84. The Kier molecular flexibility index (Phi) is 7.10. The van der Waals surface area contributed by atoms with Gasteiger partial charge in [0.05, 0.1) is 6.04 Å². The Morgan fingerprint density at radius 2 is 1.77 bits per heavy atom. The van der Waals surface area contributed by atoms with Crippen molar-refractivity contribution in [3.8, 4) is 5.75 Å². The second kappa shape index (κ2) is 9.09. The van der Waals surface area contributed by atoms with Crippen LogP contribution in [0.4, 0.5) is 0 Å². The Labute approximate surface area is 161 Å². The molecule has 140 valence electrons. The molecule has 1 amide bonds. The maximum Gasteiger partial charge on any atom is 0.261 e. The fraction of sp³-hybridized carbons (Fsp3) is 0.409. The van der Waals surface area contributed by atoms with Crippen molar-refractivity contribution in [2.24, 2.45) is 0 Å². The van der Waals surface area contributed by atoms with E-state index in [9.17, 15) is 4.79 Å². The molecule has 26 heavy (non-hydrogen) atoms. The number of hydrogen-bond donors (Lipinski definition) is 1. The minimum Gasteiger partial charge on any atom is -0.481 e. The van der Waals surface area contributed by atoms with Gasteiger partial charge in [0.1, 0.15) is 5.75 Å². The molecule has 2 rings (SSSR count). The maximum atomic E-state index is 12.8. The van der Waals surface area contributed by atoms with Gasteiger partial charge >= 0.3 is 0 Å². The van der Waals surface area contributed by atoms with Crippen LogP contribution in [-0.4, -0.2) is 12.0 Å². The number of halogens is 1. The van der Waals surface area contributed by atoms with Gasteiger partial charge in [-0.1, -0.05) is 49.2 Å². The lowest BCUT2D eigenvalue weighted by atomic mass is 9.97.